The number of imidazole rings is 1. The van der Waals surface area contributed by atoms with Crippen molar-refractivity contribution >= 4 is 27.5 Å². The van der Waals surface area contributed by atoms with E-state index in [0.717, 1.165) is 0 Å². The molecule has 0 unspecified atom stereocenters. The summed E-state index contributed by atoms with van der Waals surface area (Å²) in [6.07, 6.45) is 1.27. The van der Waals surface area contributed by atoms with Gasteiger partial charge in [-0.1, -0.05) is 0 Å². The summed E-state index contributed by atoms with van der Waals surface area (Å²) in [4.78, 5) is 14.6. The summed E-state index contributed by atoms with van der Waals surface area (Å²) >= 11 is 3.15. The second-order valence-corrected chi connectivity index (χ2v) is 3.19. The zero-order chi connectivity index (χ0) is 9.42. The van der Waals surface area contributed by atoms with Gasteiger partial charge in [-0.3, -0.25) is 0 Å². The second kappa shape index (κ2) is 2.81. The van der Waals surface area contributed by atoms with E-state index in [1.54, 1.807) is 12.1 Å². The first-order valence-corrected chi connectivity index (χ1v) is 4.21. The molecule has 0 spiro atoms. The standard InChI is InChI=1S/C7H4BrN3O2/c8-5-1-2-6-9-3-4(7(12)13)11(6)10-5/h1-3H,(H,12,13). The first-order valence-electron chi connectivity index (χ1n) is 3.42. The average Bonchev–Trinajstić information content (AvgIpc) is 2.46. The molecule has 6 heteroatoms. The van der Waals surface area contributed by atoms with Gasteiger partial charge in [-0.2, -0.15) is 5.10 Å². The zero-order valence-electron chi connectivity index (χ0n) is 6.31. The smallest absolute Gasteiger partial charge is 0.356 e. The van der Waals surface area contributed by atoms with Crippen LogP contribution in [-0.2, 0) is 0 Å². The maximum absolute atomic E-state index is 10.7. The van der Waals surface area contributed by atoms with E-state index in [1.807, 2.05) is 0 Å². The molecule has 0 fully saturated rings. The maximum Gasteiger partial charge on any atom is 0.356 e. The van der Waals surface area contributed by atoms with Crippen LogP contribution in [0.5, 0.6) is 0 Å². The van der Waals surface area contributed by atoms with Crippen LogP contribution < -0.4 is 0 Å². The fourth-order valence-electron chi connectivity index (χ4n) is 0.997. The Morgan fingerprint density at radius 3 is 3.00 bits per heavy atom. The third kappa shape index (κ3) is 1.29. The number of aromatic carboxylic acids is 1. The molecule has 2 aromatic heterocycles. The lowest BCUT2D eigenvalue weighted by Gasteiger charge is -1.95. The van der Waals surface area contributed by atoms with Crippen molar-refractivity contribution in [3.8, 4) is 0 Å². The van der Waals surface area contributed by atoms with Crippen molar-refractivity contribution in [2.75, 3.05) is 0 Å². The highest BCUT2D eigenvalue weighted by Crippen LogP contribution is 2.09. The molecule has 0 atom stereocenters. The van der Waals surface area contributed by atoms with E-state index in [4.69, 9.17) is 5.11 Å². The quantitative estimate of drug-likeness (QED) is 0.815. The monoisotopic (exact) mass is 241 g/mol. The van der Waals surface area contributed by atoms with Crippen LogP contribution in [0.1, 0.15) is 10.5 Å². The van der Waals surface area contributed by atoms with Crippen molar-refractivity contribution in [3.63, 3.8) is 0 Å². The summed E-state index contributed by atoms with van der Waals surface area (Å²) in [5, 5.41) is 12.7. The minimum atomic E-state index is -1.04. The van der Waals surface area contributed by atoms with Gasteiger partial charge in [-0.25, -0.2) is 14.3 Å². The third-order valence-electron chi connectivity index (χ3n) is 1.55. The summed E-state index contributed by atoms with van der Waals surface area (Å²) < 4.78 is 1.84. The van der Waals surface area contributed by atoms with Crippen LogP contribution in [0.3, 0.4) is 0 Å². The Labute approximate surface area is 81.1 Å². The van der Waals surface area contributed by atoms with Crippen LogP contribution in [-0.4, -0.2) is 25.7 Å². The molecule has 5 nitrogen and oxygen atoms in total. The Balaban J connectivity index is 2.79. The van der Waals surface area contributed by atoms with Gasteiger partial charge in [-0.15, -0.1) is 0 Å². The Bertz CT molecular complexity index is 480. The SMILES string of the molecule is O=C(O)c1cnc2ccc(Br)nn12. The van der Waals surface area contributed by atoms with Crippen molar-refractivity contribution in [1.29, 1.82) is 0 Å². The number of halogens is 1. The summed E-state index contributed by atoms with van der Waals surface area (Å²) in [5.41, 5.74) is 0.567. The van der Waals surface area contributed by atoms with Gasteiger partial charge in [0.05, 0.1) is 6.20 Å². The van der Waals surface area contributed by atoms with Crippen LogP contribution in [0.25, 0.3) is 5.65 Å². The Kier molecular flexibility index (Phi) is 1.77. The van der Waals surface area contributed by atoms with Gasteiger partial charge in [-0.05, 0) is 28.1 Å². The van der Waals surface area contributed by atoms with Crippen LogP contribution >= 0.6 is 15.9 Å². The lowest BCUT2D eigenvalue weighted by atomic mass is 10.5. The fourth-order valence-corrected chi connectivity index (χ4v) is 1.29. The molecule has 0 aliphatic heterocycles. The maximum atomic E-state index is 10.7. The minimum Gasteiger partial charge on any atom is -0.476 e. The van der Waals surface area contributed by atoms with Crippen LogP contribution in [0.15, 0.2) is 22.9 Å². The summed E-state index contributed by atoms with van der Waals surface area (Å²) in [6, 6.07) is 3.39. The largest absolute Gasteiger partial charge is 0.476 e. The third-order valence-corrected chi connectivity index (χ3v) is 1.97. The van der Waals surface area contributed by atoms with E-state index >= 15 is 0 Å². The average molecular weight is 242 g/mol. The van der Waals surface area contributed by atoms with Crippen molar-refractivity contribution < 1.29 is 9.90 Å². The number of carbonyl (C=O) groups is 1. The predicted octanol–water partition coefficient (Wildman–Crippen LogP) is 1.19. The molecule has 2 aromatic rings. The molecule has 0 saturated heterocycles. The summed E-state index contributed by atoms with van der Waals surface area (Å²) in [6.45, 7) is 0. The molecule has 1 N–H and O–H groups in total. The normalized spacial score (nSPS) is 10.5. The number of aromatic nitrogens is 3. The highest BCUT2D eigenvalue weighted by Gasteiger charge is 2.10. The van der Waals surface area contributed by atoms with Gasteiger partial charge in [0.25, 0.3) is 0 Å². The van der Waals surface area contributed by atoms with E-state index in [-0.39, 0.29) is 5.69 Å². The number of fused-ring (bicyclic) bond motifs is 1. The summed E-state index contributed by atoms with van der Waals surface area (Å²) in [7, 11) is 0. The molecule has 0 aliphatic rings. The number of nitrogens with zero attached hydrogens (tertiary/aromatic N) is 3. The molecule has 0 radical (unpaired) electrons. The Morgan fingerprint density at radius 2 is 2.31 bits per heavy atom. The van der Waals surface area contributed by atoms with E-state index in [2.05, 4.69) is 26.0 Å². The molecule has 0 amide bonds. The Hall–Kier alpha value is -1.43. The number of carboxylic acids is 1. The minimum absolute atomic E-state index is 0.0521. The number of rotatable bonds is 1. The van der Waals surface area contributed by atoms with Crippen LogP contribution in [0.4, 0.5) is 0 Å². The van der Waals surface area contributed by atoms with Crippen LogP contribution in [0, 0.1) is 0 Å². The fraction of sp³-hybridized carbons (Fsp3) is 0. The lowest BCUT2D eigenvalue weighted by Crippen LogP contribution is -2.04. The zero-order valence-corrected chi connectivity index (χ0v) is 7.89. The molecule has 0 aliphatic carbocycles. The van der Waals surface area contributed by atoms with Crippen molar-refractivity contribution in [3.05, 3.63) is 28.6 Å². The van der Waals surface area contributed by atoms with Gasteiger partial charge < -0.3 is 5.11 Å². The van der Waals surface area contributed by atoms with Crippen LogP contribution in [0.2, 0.25) is 0 Å². The molecule has 2 heterocycles. The molecule has 0 aromatic carbocycles. The van der Waals surface area contributed by atoms with E-state index in [9.17, 15) is 4.79 Å². The lowest BCUT2D eigenvalue weighted by molar-refractivity contribution is 0.0688. The topological polar surface area (TPSA) is 67.5 Å². The predicted molar refractivity (Wildman–Crippen MR) is 47.6 cm³/mol. The first-order chi connectivity index (χ1) is 6.18. The first kappa shape index (κ1) is 8.18. The van der Waals surface area contributed by atoms with Crippen molar-refractivity contribution in [2.45, 2.75) is 0 Å². The van der Waals surface area contributed by atoms with Gasteiger partial charge in [0, 0.05) is 0 Å². The van der Waals surface area contributed by atoms with Gasteiger partial charge >= 0.3 is 5.97 Å². The number of hydrogen-bond acceptors (Lipinski definition) is 3. The molecule has 0 saturated carbocycles. The Morgan fingerprint density at radius 1 is 1.54 bits per heavy atom. The molecular weight excluding hydrogens is 238 g/mol. The molecular formula is C7H4BrN3O2. The molecule has 0 bridgehead atoms. The number of hydrogen-bond donors (Lipinski definition) is 1. The van der Waals surface area contributed by atoms with Crippen molar-refractivity contribution in [2.24, 2.45) is 0 Å². The number of carboxylic acid groups (broad SMARTS) is 1. The van der Waals surface area contributed by atoms with Gasteiger partial charge in [0.15, 0.2) is 11.3 Å². The highest BCUT2D eigenvalue weighted by molar-refractivity contribution is 9.10. The molecule has 66 valence electrons. The van der Waals surface area contributed by atoms with E-state index in [0.29, 0.717) is 10.3 Å². The molecule has 2 rings (SSSR count). The van der Waals surface area contributed by atoms with Gasteiger partial charge in [0.2, 0.25) is 0 Å². The van der Waals surface area contributed by atoms with E-state index < -0.39 is 5.97 Å². The van der Waals surface area contributed by atoms with Gasteiger partial charge in [0.1, 0.15) is 4.60 Å². The highest BCUT2D eigenvalue weighted by atomic mass is 79.9. The summed E-state index contributed by atoms with van der Waals surface area (Å²) in [5.74, 6) is -1.04. The van der Waals surface area contributed by atoms with E-state index in [1.165, 1.54) is 10.7 Å². The second-order valence-electron chi connectivity index (χ2n) is 2.37. The van der Waals surface area contributed by atoms with Crippen molar-refractivity contribution in [1.82, 2.24) is 14.6 Å². The molecule has 13 heavy (non-hydrogen) atoms.